The fourth-order valence-electron chi connectivity index (χ4n) is 3.92. The third-order valence-corrected chi connectivity index (χ3v) is 5.55. The van der Waals surface area contributed by atoms with Crippen LogP contribution in [-0.2, 0) is 19.3 Å². The Kier molecular flexibility index (Phi) is 5.95. The molecule has 0 N–H and O–H groups in total. The van der Waals surface area contributed by atoms with Crippen LogP contribution in [0.4, 0.5) is 30.7 Å². The molecule has 0 unspecified atom stereocenters. The highest BCUT2D eigenvalue weighted by Crippen LogP contribution is 2.37. The number of hydrogen-bond donors (Lipinski definition) is 0. The zero-order chi connectivity index (χ0) is 23.9. The Morgan fingerprint density at radius 1 is 0.788 bits per heavy atom. The highest BCUT2D eigenvalue weighted by atomic mass is 19.4. The van der Waals surface area contributed by atoms with Gasteiger partial charge >= 0.3 is 6.36 Å². The quantitative estimate of drug-likeness (QED) is 0.361. The first kappa shape index (κ1) is 22.9. The predicted octanol–water partition coefficient (Wildman–Crippen LogP) is 7.55. The molecule has 33 heavy (non-hydrogen) atoms. The van der Waals surface area contributed by atoms with Gasteiger partial charge in [-0.2, -0.15) is 0 Å². The molecule has 172 valence electrons. The van der Waals surface area contributed by atoms with Crippen molar-refractivity contribution in [2.75, 3.05) is 0 Å². The number of aryl methyl sites for hydroxylation is 1. The smallest absolute Gasteiger partial charge is 0.399 e. The molecule has 0 heterocycles. The van der Waals surface area contributed by atoms with Gasteiger partial charge in [0, 0.05) is 11.1 Å². The Balaban J connectivity index is 1.66. The van der Waals surface area contributed by atoms with Crippen LogP contribution in [0.2, 0.25) is 0 Å². The van der Waals surface area contributed by atoms with Gasteiger partial charge in [-0.25, -0.2) is 17.6 Å². The van der Waals surface area contributed by atoms with E-state index in [0.29, 0.717) is 47.2 Å². The molecule has 0 amide bonds. The first-order valence-electron chi connectivity index (χ1n) is 10.1. The minimum Gasteiger partial charge on any atom is -0.399 e. The highest BCUT2D eigenvalue weighted by Gasteiger charge is 2.34. The van der Waals surface area contributed by atoms with E-state index in [9.17, 15) is 30.7 Å². The lowest BCUT2D eigenvalue weighted by Crippen LogP contribution is -2.19. The number of fused-ring (bicyclic) bond motifs is 1. The molecule has 0 aliphatic heterocycles. The molecule has 1 aliphatic carbocycles. The Bertz CT molecular complexity index is 1240. The second-order valence-corrected chi connectivity index (χ2v) is 7.70. The van der Waals surface area contributed by atoms with Gasteiger partial charge < -0.3 is 4.74 Å². The molecule has 3 aromatic carbocycles. The molecular formula is C25H17F7O. The van der Waals surface area contributed by atoms with Gasteiger partial charge in [-0.05, 0) is 77.4 Å². The summed E-state index contributed by atoms with van der Waals surface area (Å²) in [6, 6.07) is 8.75. The Hall–Kier alpha value is -3.29. The van der Waals surface area contributed by atoms with Crippen molar-refractivity contribution in [1.29, 1.82) is 0 Å². The van der Waals surface area contributed by atoms with Crippen molar-refractivity contribution >= 4 is 5.57 Å². The summed E-state index contributed by atoms with van der Waals surface area (Å²) in [7, 11) is 0. The maximum atomic E-state index is 14.9. The molecular weight excluding hydrogens is 449 g/mol. The number of hydrogen-bond acceptors (Lipinski definition) is 1. The van der Waals surface area contributed by atoms with E-state index in [-0.39, 0.29) is 23.4 Å². The lowest BCUT2D eigenvalue weighted by Gasteiger charge is -2.20. The van der Waals surface area contributed by atoms with E-state index in [1.54, 1.807) is 12.1 Å². The molecule has 0 fully saturated rings. The van der Waals surface area contributed by atoms with Crippen molar-refractivity contribution in [3.05, 3.63) is 94.1 Å². The van der Waals surface area contributed by atoms with Gasteiger partial charge in [-0.1, -0.05) is 25.1 Å². The van der Waals surface area contributed by atoms with Crippen molar-refractivity contribution in [2.45, 2.75) is 32.5 Å². The molecule has 0 aromatic heterocycles. The second-order valence-electron chi connectivity index (χ2n) is 7.70. The topological polar surface area (TPSA) is 9.23 Å². The predicted molar refractivity (Wildman–Crippen MR) is 110 cm³/mol. The largest absolute Gasteiger partial charge is 0.573 e. The maximum Gasteiger partial charge on any atom is 0.573 e. The summed E-state index contributed by atoms with van der Waals surface area (Å²) in [5, 5.41) is 0. The second kappa shape index (κ2) is 8.57. The van der Waals surface area contributed by atoms with Gasteiger partial charge in [0.25, 0.3) is 0 Å². The molecule has 4 rings (SSSR count). The number of halogens is 7. The zero-order valence-corrected chi connectivity index (χ0v) is 17.3. The normalized spacial score (nSPS) is 13.5. The van der Waals surface area contributed by atoms with Crippen molar-refractivity contribution in [3.63, 3.8) is 0 Å². The van der Waals surface area contributed by atoms with E-state index in [1.807, 2.05) is 13.0 Å². The van der Waals surface area contributed by atoms with Gasteiger partial charge in [0.05, 0.1) is 0 Å². The Labute approximate surface area is 185 Å². The first-order valence-corrected chi connectivity index (χ1v) is 10.1. The van der Waals surface area contributed by atoms with Crippen molar-refractivity contribution in [2.24, 2.45) is 0 Å². The summed E-state index contributed by atoms with van der Waals surface area (Å²) in [6.45, 7) is 1.92. The molecule has 1 nitrogen and oxygen atoms in total. The lowest BCUT2D eigenvalue weighted by atomic mass is 9.85. The molecule has 8 heteroatoms. The van der Waals surface area contributed by atoms with Gasteiger partial charge in [0.15, 0.2) is 11.6 Å². The van der Waals surface area contributed by atoms with Crippen LogP contribution in [0.3, 0.4) is 0 Å². The van der Waals surface area contributed by atoms with Gasteiger partial charge in [-0.3, -0.25) is 0 Å². The van der Waals surface area contributed by atoms with E-state index in [2.05, 4.69) is 4.74 Å². The third-order valence-electron chi connectivity index (χ3n) is 5.55. The van der Waals surface area contributed by atoms with Gasteiger partial charge in [0.2, 0.25) is 5.75 Å². The fourth-order valence-corrected chi connectivity index (χ4v) is 3.92. The molecule has 0 radical (unpaired) electrons. The molecule has 0 spiro atoms. The Morgan fingerprint density at radius 2 is 1.45 bits per heavy atom. The summed E-state index contributed by atoms with van der Waals surface area (Å²) in [6.07, 6.45) is -2.20. The van der Waals surface area contributed by atoms with Crippen LogP contribution >= 0.6 is 0 Å². The fraction of sp³-hybridized carbons (Fsp3) is 0.200. The van der Waals surface area contributed by atoms with Crippen LogP contribution in [0, 0.1) is 23.3 Å². The summed E-state index contributed by atoms with van der Waals surface area (Å²) in [4.78, 5) is 0. The summed E-state index contributed by atoms with van der Waals surface area (Å²) < 4.78 is 98.0. The average molecular weight is 466 g/mol. The molecule has 0 saturated heterocycles. The molecule has 1 aliphatic rings. The van der Waals surface area contributed by atoms with Crippen molar-refractivity contribution in [1.82, 2.24) is 0 Å². The number of alkyl halides is 3. The summed E-state index contributed by atoms with van der Waals surface area (Å²) in [5.41, 5.74) is 2.79. The number of rotatable bonds is 4. The maximum absolute atomic E-state index is 14.9. The summed E-state index contributed by atoms with van der Waals surface area (Å²) >= 11 is 0. The highest BCUT2D eigenvalue weighted by molar-refractivity contribution is 5.74. The van der Waals surface area contributed by atoms with Crippen molar-refractivity contribution < 1.29 is 35.5 Å². The lowest BCUT2D eigenvalue weighted by molar-refractivity contribution is -0.276. The number of ether oxygens (including phenoxy) is 1. The van der Waals surface area contributed by atoms with Crippen LogP contribution in [0.15, 0.2) is 48.5 Å². The SMILES string of the molecule is CCc1ccc(C2=CCc3cc(-c4cc(F)c(OC(F)(F)F)c(F)c4)c(F)cc3C2)c(F)c1. The van der Waals surface area contributed by atoms with Gasteiger partial charge in [0.1, 0.15) is 11.6 Å². The van der Waals surface area contributed by atoms with E-state index in [4.69, 9.17) is 0 Å². The minimum atomic E-state index is -5.28. The summed E-state index contributed by atoms with van der Waals surface area (Å²) in [5.74, 6) is -5.98. The van der Waals surface area contributed by atoms with E-state index in [1.165, 1.54) is 18.2 Å². The number of allylic oxidation sites excluding steroid dienone is 2. The van der Waals surface area contributed by atoms with Crippen LogP contribution < -0.4 is 4.74 Å². The molecule has 0 bridgehead atoms. The van der Waals surface area contributed by atoms with E-state index in [0.717, 1.165) is 5.56 Å². The Morgan fingerprint density at radius 3 is 2.06 bits per heavy atom. The first-order chi connectivity index (χ1) is 15.6. The van der Waals surface area contributed by atoms with Crippen molar-refractivity contribution in [3.8, 4) is 16.9 Å². The molecule has 3 aromatic rings. The van der Waals surface area contributed by atoms with Crippen LogP contribution in [0.1, 0.15) is 29.2 Å². The van der Waals surface area contributed by atoms with E-state index >= 15 is 0 Å². The molecule has 0 atom stereocenters. The van der Waals surface area contributed by atoms with Crippen LogP contribution in [0.5, 0.6) is 5.75 Å². The average Bonchev–Trinajstić information content (AvgIpc) is 2.74. The standard InChI is InChI=1S/C25H17F7O/c1-2-13-3-6-18(20(26)7-13)15-5-4-14-9-19(21(27)10-16(14)8-15)17-11-22(28)24(23(29)12-17)33-25(30,31)32/h3,5-7,9-12H,2,4,8H2,1H3. The monoisotopic (exact) mass is 466 g/mol. The minimum absolute atomic E-state index is 0.166. The third kappa shape index (κ3) is 4.74. The van der Waals surface area contributed by atoms with Crippen LogP contribution in [0.25, 0.3) is 16.7 Å². The molecule has 0 saturated carbocycles. The van der Waals surface area contributed by atoms with Crippen LogP contribution in [-0.4, -0.2) is 6.36 Å². The zero-order valence-electron chi connectivity index (χ0n) is 17.3. The number of benzene rings is 3. The van der Waals surface area contributed by atoms with E-state index < -0.39 is 29.6 Å². The van der Waals surface area contributed by atoms with Gasteiger partial charge in [-0.15, -0.1) is 13.2 Å².